The Hall–Kier alpha value is -6.19. The quantitative estimate of drug-likeness (QED) is 0.0264. The van der Waals surface area contributed by atoms with Gasteiger partial charge in [0, 0.05) is 30.9 Å². The number of anilines is 1. The number of carbonyl (C=O) groups excluding carboxylic acids is 5. The van der Waals surface area contributed by atoms with Crippen LogP contribution in [0.2, 0.25) is 0 Å². The normalized spacial score (nSPS) is 14.9. The van der Waals surface area contributed by atoms with Crippen molar-refractivity contribution >= 4 is 51.8 Å². The zero-order chi connectivity index (χ0) is 45.5. The fraction of sp³-hybridized carbons (Fsp3) is 0.511. The number of unbranched alkanes of at least 4 members (excludes halogenated alkanes) is 2. The molecule has 1 aromatic heterocycles. The van der Waals surface area contributed by atoms with Crippen LogP contribution in [0.15, 0.2) is 77.4 Å². The molecule has 0 bridgehead atoms. The molecule has 0 unspecified atom stereocenters. The molecule has 1 aliphatic carbocycles. The first-order chi connectivity index (χ1) is 30.1. The summed E-state index contributed by atoms with van der Waals surface area (Å²) in [5, 5.41) is 33.7. The average Bonchev–Trinajstić information content (AvgIpc) is 3.81. The number of benzene rings is 3. The molecule has 5 rings (SSSR count). The number of aromatic nitrogens is 2. The molecule has 0 saturated heterocycles. The van der Waals surface area contributed by atoms with Crippen molar-refractivity contribution in [3.63, 3.8) is 0 Å². The van der Waals surface area contributed by atoms with Crippen molar-refractivity contribution in [3.05, 3.63) is 94.0 Å². The number of Topliss-reactive ketones (excluding diaryl/α,β-unsaturated/α-hetero) is 1. The van der Waals surface area contributed by atoms with E-state index in [4.69, 9.17) is 4.63 Å². The summed E-state index contributed by atoms with van der Waals surface area (Å²) in [6.07, 6.45) is 5.31. The van der Waals surface area contributed by atoms with Crippen molar-refractivity contribution in [2.24, 2.45) is 17.3 Å². The second-order valence-electron chi connectivity index (χ2n) is 17.8. The van der Waals surface area contributed by atoms with Gasteiger partial charge < -0.3 is 26.6 Å². The molecule has 63 heavy (non-hydrogen) atoms. The Morgan fingerprint density at radius 3 is 1.90 bits per heavy atom. The van der Waals surface area contributed by atoms with Crippen molar-refractivity contribution in [3.8, 4) is 0 Å². The van der Waals surface area contributed by atoms with Gasteiger partial charge in [-0.3, -0.25) is 34.1 Å². The highest BCUT2D eigenvalue weighted by Crippen LogP contribution is 2.47. The minimum absolute atomic E-state index is 0.00619. The van der Waals surface area contributed by atoms with E-state index < -0.39 is 52.2 Å². The maximum absolute atomic E-state index is 14.2. The molecule has 0 aliphatic heterocycles. The lowest BCUT2D eigenvalue weighted by Crippen LogP contribution is -2.58. The number of nitro groups is 1. The van der Waals surface area contributed by atoms with Gasteiger partial charge in [0.1, 0.15) is 18.1 Å². The van der Waals surface area contributed by atoms with Gasteiger partial charge >= 0.3 is 5.69 Å². The minimum atomic E-state index is -1.03. The molecule has 16 heteroatoms. The predicted molar refractivity (Wildman–Crippen MR) is 239 cm³/mol. The van der Waals surface area contributed by atoms with Crippen LogP contribution in [0, 0.1) is 27.4 Å². The van der Waals surface area contributed by atoms with Crippen LogP contribution < -0.4 is 26.6 Å². The third kappa shape index (κ3) is 14.4. The van der Waals surface area contributed by atoms with Crippen LogP contribution in [0.4, 0.5) is 11.4 Å². The molecule has 5 N–H and O–H groups in total. The number of carbonyl (C=O) groups is 5. The lowest BCUT2D eigenvalue weighted by Gasteiger charge is -2.28. The Morgan fingerprint density at radius 2 is 1.27 bits per heavy atom. The summed E-state index contributed by atoms with van der Waals surface area (Å²) < 4.78 is 4.73. The Balaban J connectivity index is 1.22. The van der Waals surface area contributed by atoms with Crippen molar-refractivity contribution in [2.75, 3.05) is 11.9 Å². The number of nitrogens with zero attached hydrogens (tertiary/aromatic N) is 3. The monoisotopic (exact) mass is 866 g/mol. The van der Waals surface area contributed by atoms with Gasteiger partial charge in [-0.05, 0) is 90.7 Å². The van der Waals surface area contributed by atoms with Gasteiger partial charge in [0.2, 0.25) is 29.1 Å². The molecule has 4 atom stereocenters. The summed E-state index contributed by atoms with van der Waals surface area (Å²) in [4.78, 5) is 80.1. The highest BCUT2D eigenvalue weighted by molar-refractivity contribution is 5.98. The van der Waals surface area contributed by atoms with Crippen molar-refractivity contribution in [2.45, 2.75) is 129 Å². The van der Waals surface area contributed by atoms with E-state index in [1.807, 2.05) is 95.3 Å². The van der Waals surface area contributed by atoms with Crippen molar-refractivity contribution < 1.29 is 33.5 Å². The highest BCUT2D eigenvalue weighted by atomic mass is 16.6. The third-order valence-electron chi connectivity index (χ3n) is 11.4. The smallest absolute Gasteiger partial charge is 0.300 e. The van der Waals surface area contributed by atoms with Gasteiger partial charge in [0.05, 0.1) is 16.7 Å². The summed E-state index contributed by atoms with van der Waals surface area (Å²) in [5.74, 6) is -1.68. The maximum Gasteiger partial charge on any atom is 0.300 e. The van der Waals surface area contributed by atoms with Gasteiger partial charge in [-0.1, -0.05) is 102 Å². The van der Waals surface area contributed by atoms with Crippen molar-refractivity contribution in [1.29, 1.82) is 0 Å². The molecule has 3 aromatic carbocycles. The third-order valence-corrected chi connectivity index (χ3v) is 11.4. The largest absolute Gasteiger partial charge is 0.383 e. The first-order valence-corrected chi connectivity index (χ1v) is 22.1. The molecular formula is C47H62N8O8. The lowest BCUT2D eigenvalue weighted by atomic mass is 9.91. The second-order valence-corrected chi connectivity index (χ2v) is 17.8. The van der Waals surface area contributed by atoms with Crippen LogP contribution in [0.1, 0.15) is 104 Å². The fourth-order valence-corrected chi connectivity index (χ4v) is 7.58. The number of nitro benzene ring substituents is 1. The van der Waals surface area contributed by atoms with Crippen LogP contribution in [0.3, 0.4) is 0 Å². The van der Waals surface area contributed by atoms with E-state index in [-0.39, 0.29) is 65.9 Å². The number of fused-ring (bicyclic) bond motifs is 1. The van der Waals surface area contributed by atoms with Crippen LogP contribution in [-0.4, -0.2) is 75.4 Å². The number of hydrogen-bond donors (Lipinski definition) is 5. The van der Waals surface area contributed by atoms with E-state index in [1.165, 1.54) is 6.07 Å². The van der Waals surface area contributed by atoms with Crippen LogP contribution in [0.5, 0.6) is 0 Å². The number of aryl methyl sites for hydroxylation is 1. The molecule has 338 valence electrons. The molecule has 1 saturated carbocycles. The van der Waals surface area contributed by atoms with Crippen LogP contribution >= 0.6 is 0 Å². The lowest BCUT2D eigenvalue weighted by molar-refractivity contribution is -0.383. The van der Waals surface area contributed by atoms with Gasteiger partial charge in [0.25, 0.3) is 0 Å². The minimum Gasteiger partial charge on any atom is -0.383 e. The standard InChI is InChI=1S/C47H62N8O8/c1-30(2)27-36(43(57)47(5)24-25-47)50-46(60)38(29-33-17-11-7-12-18-33)52-45(59)37(28-31(3)4)51-44(58)35(21-20-32-15-9-6-10-16-32)49-40(56)19-13-8-14-26-48-34-22-23-39(55(61)62)42-41(34)53-63-54-42/h6-7,9-12,15-18,22-23,30-31,35-38,48H,8,13-14,19-21,24-29H2,1-5H3,(H,49,56)(H,50,60)(H,51,58)(H,52,59)/t35-,36-,37-,38-/m0/s1. The number of amides is 4. The van der Waals surface area contributed by atoms with Gasteiger partial charge in [-0.2, -0.15) is 0 Å². The van der Waals surface area contributed by atoms with E-state index in [1.54, 1.807) is 6.07 Å². The molecule has 1 heterocycles. The van der Waals surface area contributed by atoms with Gasteiger partial charge in [0.15, 0.2) is 11.3 Å². The van der Waals surface area contributed by atoms with E-state index in [0.29, 0.717) is 44.3 Å². The summed E-state index contributed by atoms with van der Waals surface area (Å²) in [7, 11) is 0. The summed E-state index contributed by atoms with van der Waals surface area (Å²) in [6, 6.07) is 18.1. The maximum atomic E-state index is 14.2. The van der Waals surface area contributed by atoms with Crippen LogP contribution in [0.25, 0.3) is 11.0 Å². The number of ketones is 1. The summed E-state index contributed by atoms with van der Waals surface area (Å²) in [5.41, 5.74) is 2.01. The zero-order valence-electron chi connectivity index (χ0n) is 37.0. The van der Waals surface area contributed by atoms with Gasteiger partial charge in [-0.15, -0.1) is 0 Å². The number of hydrogen-bond acceptors (Lipinski definition) is 11. The molecule has 0 radical (unpaired) electrons. The van der Waals surface area contributed by atoms with Crippen molar-refractivity contribution in [1.82, 2.24) is 31.6 Å². The number of non-ortho nitro benzene ring substituents is 1. The Morgan fingerprint density at radius 1 is 0.698 bits per heavy atom. The molecule has 16 nitrogen and oxygen atoms in total. The summed E-state index contributed by atoms with van der Waals surface area (Å²) >= 11 is 0. The fourth-order valence-electron chi connectivity index (χ4n) is 7.58. The Kier molecular flexibility index (Phi) is 17.3. The summed E-state index contributed by atoms with van der Waals surface area (Å²) in [6.45, 7) is 10.3. The molecule has 4 amide bonds. The molecule has 4 aromatic rings. The van der Waals surface area contributed by atoms with E-state index in [0.717, 1.165) is 24.0 Å². The number of nitrogens with one attached hydrogen (secondary N) is 5. The second kappa shape index (κ2) is 22.8. The predicted octanol–water partition coefficient (Wildman–Crippen LogP) is 6.38. The van der Waals surface area contributed by atoms with E-state index in [9.17, 15) is 34.1 Å². The highest BCUT2D eigenvalue weighted by Gasteiger charge is 2.48. The van der Waals surface area contributed by atoms with Crippen LogP contribution in [-0.2, 0) is 36.8 Å². The molecule has 1 aliphatic rings. The zero-order valence-corrected chi connectivity index (χ0v) is 37.0. The average molecular weight is 867 g/mol. The van der Waals surface area contributed by atoms with E-state index >= 15 is 0 Å². The topological polar surface area (TPSA) is 228 Å². The molecule has 1 fully saturated rings. The Labute approximate surface area is 368 Å². The van der Waals surface area contributed by atoms with E-state index in [2.05, 4.69) is 36.9 Å². The first kappa shape index (κ1) is 47.9. The molecule has 0 spiro atoms. The molecular weight excluding hydrogens is 805 g/mol. The Bertz CT molecular complexity index is 2170. The van der Waals surface area contributed by atoms with Gasteiger partial charge in [-0.25, -0.2) is 4.63 Å². The first-order valence-electron chi connectivity index (χ1n) is 22.1. The number of rotatable bonds is 26. The SMILES string of the molecule is CC(C)C[C@H](NC(=O)[C@H](CCc1ccccc1)NC(=O)CCCCCNc1ccc([N+](=O)[O-])c2nonc12)C(=O)N[C@@H](Cc1ccccc1)C(=O)N[C@@H](CC(C)C)C(=O)C1(C)CC1.